The number of aromatic nitrogens is 4. The third-order valence-electron chi connectivity index (χ3n) is 6.96. The van der Waals surface area contributed by atoms with Crippen LogP contribution in [0.15, 0.2) is 48.8 Å². The van der Waals surface area contributed by atoms with E-state index in [9.17, 15) is 0 Å². The van der Waals surface area contributed by atoms with Crippen LogP contribution in [-0.2, 0) is 7.05 Å². The summed E-state index contributed by atoms with van der Waals surface area (Å²) in [6.45, 7) is 7.77. The van der Waals surface area contributed by atoms with Crippen LogP contribution < -0.4 is 4.90 Å². The number of piperidine rings is 1. The predicted molar refractivity (Wildman–Crippen MR) is 129 cm³/mol. The summed E-state index contributed by atoms with van der Waals surface area (Å²) >= 11 is 0. The van der Waals surface area contributed by atoms with Gasteiger partial charge in [-0.2, -0.15) is 5.10 Å². The van der Waals surface area contributed by atoms with E-state index in [0.717, 1.165) is 37.8 Å². The summed E-state index contributed by atoms with van der Waals surface area (Å²) in [6.07, 6.45) is 8.89. The molecule has 1 aromatic carbocycles. The van der Waals surface area contributed by atoms with Crippen LogP contribution in [0.25, 0.3) is 11.3 Å². The highest BCUT2D eigenvalue weighted by Crippen LogP contribution is 2.34. The van der Waals surface area contributed by atoms with Crippen LogP contribution in [0.1, 0.15) is 55.7 Å². The Morgan fingerprint density at radius 3 is 2.66 bits per heavy atom. The fourth-order valence-electron chi connectivity index (χ4n) is 5.29. The first kappa shape index (κ1) is 21.1. The number of nitrogens with zero attached hydrogens (tertiary/aromatic N) is 6. The number of aryl methyl sites for hydroxylation is 1. The van der Waals surface area contributed by atoms with E-state index < -0.39 is 0 Å². The quantitative estimate of drug-likeness (QED) is 0.578. The van der Waals surface area contributed by atoms with Crippen LogP contribution >= 0.6 is 0 Å². The van der Waals surface area contributed by atoms with Crippen molar-refractivity contribution in [3.8, 4) is 11.3 Å². The van der Waals surface area contributed by atoms with Crippen molar-refractivity contribution in [3.05, 3.63) is 60.0 Å². The van der Waals surface area contributed by atoms with Gasteiger partial charge < -0.3 is 9.80 Å². The Morgan fingerprint density at radius 1 is 1.03 bits per heavy atom. The van der Waals surface area contributed by atoms with Crippen molar-refractivity contribution in [2.24, 2.45) is 7.05 Å². The molecule has 6 nitrogen and oxygen atoms in total. The maximum Gasteiger partial charge on any atom is 0.225 e. The van der Waals surface area contributed by atoms with Gasteiger partial charge in [-0.3, -0.25) is 4.68 Å². The van der Waals surface area contributed by atoms with E-state index in [4.69, 9.17) is 10.1 Å². The van der Waals surface area contributed by atoms with Crippen LogP contribution in [0.5, 0.6) is 0 Å². The van der Waals surface area contributed by atoms with E-state index in [2.05, 4.69) is 58.2 Å². The molecule has 2 aliphatic rings. The lowest BCUT2D eigenvalue weighted by Gasteiger charge is -2.34. The lowest BCUT2D eigenvalue weighted by Crippen LogP contribution is -2.37. The average Bonchev–Trinajstić information content (AvgIpc) is 3.50. The Morgan fingerprint density at radius 2 is 1.84 bits per heavy atom. The number of benzene rings is 1. The Hall–Kier alpha value is -2.73. The Kier molecular flexibility index (Phi) is 6.21. The largest absolute Gasteiger partial charge is 0.341 e. The van der Waals surface area contributed by atoms with Gasteiger partial charge in [0, 0.05) is 57.1 Å². The van der Waals surface area contributed by atoms with Crippen molar-refractivity contribution in [1.29, 1.82) is 0 Å². The van der Waals surface area contributed by atoms with Crippen molar-refractivity contribution < 1.29 is 0 Å². The number of hydrogen-bond acceptors (Lipinski definition) is 5. The fraction of sp³-hybridized carbons (Fsp3) is 0.500. The molecule has 168 valence electrons. The van der Waals surface area contributed by atoms with Crippen molar-refractivity contribution in [2.45, 2.75) is 44.4 Å². The molecule has 0 N–H and O–H groups in total. The fourth-order valence-corrected chi connectivity index (χ4v) is 5.29. The third kappa shape index (κ3) is 4.56. The van der Waals surface area contributed by atoms with Crippen LogP contribution in [0.4, 0.5) is 5.95 Å². The molecule has 4 heterocycles. The van der Waals surface area contributed by atoms with E-state index in [0.29, 0.717) is 11.8 Å². The SMILES string of the molecule is C[C@H](CN1CCC[C@@H](c2nn(C)cc2-c2ccnc(N3CCCC3)n2)C1)c1ccccc1. The predicted octanol–water partition coefficient (Wildman–Crippen LogP) is 4.46. The van der Waals surface area contributed by atoms with Gasteiger partial charge in [-0.25, -0.2) is 9.97 Å². The molecule has 2 saturated heterocycles. The van der Waals surface area contributed by atoms with Gasteiger partial charge >= 0.3 is 0 Å². The monoisotopic (exact) mass is 430 g/mol. The molecular weight excluding hydrogens is 396 g/mol. The van der Waals surface area contributed by atoms with Crippen LogP contribution in [-0.4, -0.2) is 57.4 Å². The first-order valence-electron chi connectivity index (χ1n) is 12.1. The second kappa shape index (κ2) is 9.41. The molecule has 2 fully saturated rings. The third-order valence-corrected chi connectivity index (χ3v) is 6.96. The molecule has 2 atom stereocenters. The van der Waals surface area contributed by atoms with Gasteiger partial charge in [0.05, 0.1) is 11.4 Å². The standard InChI is InChI=1S/C26H34N6/c1-20(21-9-4-3-5-10-21)17-31-14-8-11-22(18-31)25-23(19-30(2)29-25)24-12-13-27-26(28-24)32-15-6-7-16-32/h3-5,9-10,12-13,19-20,22H,6-8,11,14-18H2,1-2H3/t20-,22-/m1/s1. The minimum absolute atomic E-state index is 0.438. The number of likely N-dealkylation sites (tertiary alicyclic amines) is 1. The topological polar surface area (TPSA) is 50.1 Å². The van der Waals surface area contributed by atoms with Crippen LogP contribution in [0.2, 0.25) is 0 Å². The van der Waals surface area contributed by atoms with E-state index in [-0.39, 0.29) is 0 Å². The smallest absolute Gasteiger partial charge is 0.225 e. The lowest BCUT2D eigenvalue weighted by atomic mass is 9.90. The zero-order valence-electron chi connectivity index (χ0n) is 19.3. The molecule has 0 radical (unpaired) electrons. The highest BCUT2D eigenvalue weighted by molar-refractivity contribution is 5.63. The summed E-state index contributed by atoms with van der Waals surface area (Å²) in [6, 6.07) is 12.9. The van der Waals surface area contributed by atoms with Gasteiger partial charge in [-0.15, -0.1) is 0 Å². The number of hydrogen-bond donors (Lipinski definition) is 0. The van der Waals surface area contributed by atoms with E-state index in [1.54, 1.807) is 0 Å². The zero-order chi connectivity index (χ0) is 21.9. The summed E-state index contributed by atoms with van der Waals surface area (Å²) in [5, 5.41) is 4.93. The van der Waals surface area contributed by atoms with Crippen molar-refractivity contribution in [3.63, 3.8) is 0 Å². The molecule has 0 amide bonds. The van der Waals surface area contributed by atoms with Crippen molar-refractivity contribution >= 4 is 5.95 Å². The normalized spacial score (nSPS) is 20.6. The molecule has 0 unspecified atom stereocenters. The maximum atomic E-state index is 4.95. The molecule has 32 heavy (non-hydrogen) atoms. The molecular formula is C26H34N6. The molecule has 2 aliphatic heterocycles. The highest BCUT2D eigenvalue weighted by Gasteiger charge is 2.28. The Balaban J connectivity index is 1.35. The van der Waals surface area contributed by atoms with E-state index >= 15 is 0 Å². The first-order valence-corrected chi connectivity index (χ1v) is 12.1. The molecule has 0 spiro atoms. The van der Waals surface area contributed by atoms with Gasteiger partial charge in [0.2, 0.25) is 5.95 Å². The Bertz CT molecular complexity index is 1020. The van der Waals surface area contributed by atoms with Gasteiger partial charge in [0.15, 0.2) is 0 Å². The van der Waals surface area contributed by atoms with Crippen molar-refractivity contribution in [1.82, 2.24) is 24.6 Å². The highest BCUT2D eigenvalue weighted by atomic mass is 15.3. The van der Waals surface area contributed by atoms with Gasteiger partial charge in [0.25, 0.3) is 0 Å². The van der Waals surface area contributed by atoms with Crippen LogP contribution in [0.3, 0.4) is 0 Å². The number of anilines is 1. The molecule has 2 aromatic heterocycles. The van der Waals surface area contributed by atoms with Gasteiger partial charge in [-0.1, -0.05) is 37.3 Å². The Labute approximate surface area is 191 Å². The molecule has 0 bridgehead atoms. The molecule has 3 aromatic rings. The van der Waals surface area contributed by atoms with Gasteiger partial charge in [-0.05, 0) is 49.8 Å². The lowest BCUT2D eigenvalue weighted by molar-refractivity contribution is 0.197. The van der Waals surface area contributed by atoms with Crippen molar-refractivity contribution in [2.75, 3.05) is 37.6 Å². The minimum Gasteiger partial charge on any atom is -0.341 e. The summed E-state index contributed by atoms with van der Waals surface area (Å²) < 4.78 is 1.95. The minimum atomic E-state index is 0.438. The molecule has 6 heteroatoms. The number of rotatable bonds is 6. The second-order valence-electron chi connectivity index (χ2n) is 9.45. The zero-order valence-corrected chi connectivity index (χ0v) is 19.3. The molecule has 0 aliphatic carbocycles. The van der Waals surface area contributed by atoms with Gasteiger partial charge in [0.1, 0.15) is 0 Å². The van der Waals surface area contributed by atoms with E-state index in [1.807, 2.05) is 24.0 Å². The second-order valence-corrected chi connectivity index (χ2v) is 9.45. The summed E-state index contributed by atoms with van der Waals surface area (Å²) in [5.74, 6) is 1.83. The summed E-state index contributed by atoms with van der Waals surface area (Å²) in [5.41, 5.74) is 4.78. The summed E-state index contributed by atoms with van der Waals surface area (Å²) in [7, 11) is 2.02. The van der Waals surface area contributed by atoms with Crippen LogP contribution in [0, 0.1) is 0 Å². The average molecular weight is 431 g/mol. The summed E-state index contributed by atoms with van der Waals surface area (Å²) in [4.78, 5) is 14.4. The molecule has 0 saturated carbocycles. The molecule has 5 rings (SSSR count). The maximum absolute atomic E-state index is 4.95. The van der Waals surface area contributed by atoms with E-state index in [1.165, 1.54) is 49.0 Å². The first-order chi connectivity index (χ1) is 15.7.